The first kappa shape index (κ1) is 18.9. The molecule has 26 heavy (non-hydrogen) atoms. The third-order valence-electron chi connectivity index (χ3n) is 5.57. The number of ether oxygens (including phenoxy) is 1. The number of aromatic nitrogens is 2. The van der Waals surface area contributed by atoms with Crippen molar-refractivity contribution in [2.75, 3.05) is 26.8 Å². The summed E-state index contributed by atoms with van der Waals surface area (Å²) in [4.78, 5) is 29.4. The van der Waals surface area contributed by atoms with E-state index in [1.54, 1.807) is 18.0 Å². The van der Waals surface area contributed by atoms with Crippen molar-refractivity contribution in [3.8, 4) is 0 Å². The van der Waals surface area contributed by atoms with Crippen LogP contribution in [0.1, 0.15) is 44.1 Å². The molecular formula is C19H30N4O3. The van der Waals surface area contributed by atoms with Crippen LogP contribution in [0.25, 0.3) is 0 Å². The Morgan fingerprint density at radius 3 is 2.77 bits per heavy atom. The predicted molar refractivity (Wildman–Crippen MR) is 97.2 cm³/mol. The zero-order chi connectivity index (χ0) is 18.5. The van der Waals surface area contributed by atoms with Gasteiger partial charge in [-0.15, -0.1) is 0 Å². The molecule has 0 bridgehead atoms. The third kappa shape index (κ3) is 4.44. The molecule has 2 amide bonds. The Labute approximate surface area is 155 Å². The highest BCUT2D eigenvalue weighted by Gasteiger charge is 2.36. The molecule has 1 aliphatic carbocycles. The summed E-state index contributed by atoms with van der Waals surface area (Å²) in [5, 5.41) is 4.19. The van der Waals surface area contributed by atoms with Crippen molar-refractivity contribution in [2.24, 2.45) is 13.0 Å². The fourth-order valence-corrected chi connectivity index (χ4v) is 4.14. The summed E-state index contributed by atoms with van der Waals surface area (Å²) >= 11 is 0. The van der Waals surface area contributed by atoms with Gasteiger partial charge in [0, 0.05) is 58.0 Å². The molecule has 2 aliphatic rings. The number of carbonyl (C=O) groups excluding carboxylic acids is 2. The summed E-state index contributed by atoms with van der Waals surface area (Å²) in [6, 6.07) is 0.337. The second-order valence-corrected chi connectivity index (χ2v) is 7.49. The maximum atomic E-state index is 13.2. The van der Waals surface area contributed by atoms with Crippen molar-refractivity contribution >= 4 is 11.8 Å². The van der Waals surface area contributed by atoms with Gasteiger partial charge in [0.2, 0.25) is 11.8 Å². The van der Waals surface area contributed by atoms with E-state index in [2.05, 4.69) is 5.10 Å². The molecule has 144 valence electrons. The highest BCUT2D eigenvalue weighted by molar-refractivity contribution is 5.84. The maximum Gasteiger partial charge on any atom is 0.227 e. The van der Waals surface area contributed by atoms with Crippen molar-refractivity contribution in [3.05, 3.63) is 18.0 Å². The number of likely N-dealkylation sites (tertiary alicyclic amines) is 1. The smallest absolute Gasteiger partial charge is 0.227 e. The number of hydrogen-bond acceptors (Lipinski definition) is 4. The van der Waals surface area contributed by atoms with Crippen molar-refractivity contribution in [1.29, 1.82) is 0 Å². The molecule has 7 nitrogen and oxygen atoms in total. The van der Waals surface area contributed by atoms with E-state index in [4.69, 9.17) is 4.74 Å². The molecule has 2 fully saturated rings. The number of hydrogen-bond donors (Lipinski definition) is 0. The van der Waals surface area contributed by atoms with Crippen LogP contribution in [0, 0.1) is 5.92 Å². The highest BCUT2D eigenvalue weighted by atomic mass is 16.5. The molecule has 1 aliphatic heterocycles. The van der Waals surface area contributed by atoms with E-state index in [0.717, 1.165) is 18.4 Å². The summed E-state index contributed by atoms with van der Waals surface area (Å²) in [7, 11) is 3.52. The average Bonchev–Trinajstić information content (AvgIpc) is 3.30. The van der Waals surface area contributed by atoms with Crippen LogP contribution in [0.15, 0.2) is 12.4 Å². The number of aryl methyl sites for hydroxylation is 1. The molecular weight excluding hydrogens is 332 g/mol. The Balaban J connectivity index is 1.67. The van der Waals surface area contributed by atoms with Gasteiger partial charge >= 0.3 is 0 Å². The molecule has 1 saturated carbocycles. The number of amides is 2. The van der Waals surface area contributed by atoms with Gasteiger partial charge in [-0.1, -0.05) is 12.8 Å². The second-order valence-electron chi connectivity index (χ2n) is 7.49. The molecule has 0 radical (unpaired) electrons. The molecule has 7 heteroatoms. The molecule has 0 N–H and O–H groups in total. The second kappa shape index (κ2) is 8.66. The van der Waals surface area contributed by atoms with Gasteiger partial charge in [0.05, 0.1) is 18.7 Å². The number of piperidine rings is 1. The molecule has 2 heterocycles. The molecule has 0 aromatic carbocycles. The molecule has 1 atom stereocenters. The van der Waals surface area contributed by atoms with E-state index >= 15 is 0 Å². The minimum atomic E-state index is -0.109. The Hall–Kier alpha value is -1.89. The van der Waals surface area contributed by atoms with Crippen LogP contribution in [-0.2, 0) is 27.9 Å². The van der Waals surface area contributed by atoms with Crippen molar-refractivity contribution in [3.63, 3.8) is 0 Å². The average molecular weight is 362 g/mol. The lowest BCUT2D eigenvalue weighted by atomic mass is 9.94. The van der Waals surface area contributed by atoms with Crippen LogP contribution >= 0.6 is 0 Å². The summed E-state index contributed by atoms with van der Waals surface area (Å²) < 4.78 is 6.94. The van der Waals surface area contributed by atoms with Crippen LogP contribution in [0.3, 0.4) is 0 Å². The zero-order valence-corrected chi connectivity index (χ0v) is 15.9. The van der Waals surface area contributed by atoms with E-state index in [0.29, 0.717) is 45.1 Å². The lowest BCUT2D eigenvalue weighted by molar-refractivity contribution is -0.145. The monoisotopic (exact) mass is 362 g/mol. The molecule has 0 spiro atoms. The summed E-state index contributed by atoms with van der Waals surface area (Å²) in [5.41, 5.74) is 1.01. The van der Waals surface area contributed by atoms with E-state index in [-0.39, 0.29) is 17.7 Å². The van der Waals surface area contributed by atoms with E-state index in [9.17, 15) is 9.59 Å². The fourth-order valence-electron chi connectivity index (χ4n) is 4.14. The van der Waals surface area contributed by atoms with Gasteiger partial charge in [-0.05, 0) is 19.3 Å². The van der Waals surface area contributed by atoms with E-state index in [1.165, 1.54) is 12.8 Å². The van der Waals surface area contributed by atoms with Crippen LogP contribution in [0.4, 0.5) is 0 Å². The molecule has 3 rings (SSSR count). The largest absolute Gasteiger partial charge is 0.383 e. The SMILES string of the molecule is COCCN(Cc1cnn(C)c1)C(=O)[C@H]1CCC(=O)N(C2CCCC2)C1. The first-order valence-corrected chi connectivity index (χ1v) is 9.63. The summed E-state index contributed by atoms with van der Waals surface area (Å²) in [6.45, 7) is 2.16. The number of nitrogens with zero attached hydrogens (tertiary/aromatic N) is 4. The standard InChI is InChI=1S/C19H30N4O3/c1-21-12-15(11-20-21)13-22(9-10-26-2)19(25)16-7-8-18(24)23(14-16)17-5-3-4-6-17/h11-12,16-17H,3-10,13-14H2,1-2H3/t16-/m0/s1. The lowest BCUT2D eigenvalue weighted by Gasteiger charge is -2.38. The first-order valence-electron chi connectivity index (χ1n) is 9.63. The molecule has 1 aromatic heterocycles. The maximum absolute atomic E-state index is 13.2. The quantitative estimate of drug-likeness (QED) is 0.738. The Morgan fingerprint density at radius 1 is 1.35 bits per heavy atom. The van der Waals surface area contributed by atoms with Gasteiger partial charge in [-0.25, -0.2) is 0 Å². The van der Waals surface area contributed by atoms with Crippen LogP contribution in [0.2, 0.25) is 0 Å². The molecule has 1 saturated heterocycles. The van der Waals surface area contributed by atoms with Crippen LogP contribution in [-0.4, -0.2) is 64.2 Å². The van der Waals surface area contributed by atoms with Gasteiger partial charge in [-0.2, -0.15) is 5.10 Å². The number of methoxy groups -OCH3 is 1. The zero-order valence-electron chi connectivity index (χ0n) is 15.9. The van der Waals surface area contributed by atoms with Gasteiger partial charge < -0.3 is 14.5 Å². The van der Waals surface area contributed by atoms with Crippen molar-refractivity contribution < 1.29 is 14.3 Å². The Bertz CT molecular complexity index is 624. The van der Waals surface area contributed by atoms with Crippen LogP contribution in [0.5, 0.6) is 0 Å². The molecule has 0 unspecified atom stereocenters. The predicted octanol–water partition coefficient (Wildman–Crippen LogP) is 1.58. The van der Waals surface area contributed by atoms with E-state index in [1.807, 2.05) is 23.0 Å². The third-order valence-corrected chi connectivity index (χ3v) is 5.57. The van der Waals surface area contributed by atoms with E-state index < -0.39 is 0 Å². The van der Waals surface area contributed by atoms with Gasteiger partial charge in [0.1, 0.15) is 0 Å². The fraction of sp³-hybridized carbons (Fsp3) is 0.737. The number of carbonyl (C=O) groups is 2. The minimum absolute atomic E-state index is 0.109. The van der Waals surface area contributed by atoms with Gasteiger partial charge in [-0.3, -0.25) is 14.3 Å². The van der Waals surface area contributed by atoms with Crippen LogP contribution < -0.4 is 0 Å². The minimum Gasteiger partial charge on any atom is -0.383 e. The van der Waals surface area contributed by atoms with Gasteiger partial charge in [0.25, 0.3) is 0 Å². The highest BCUT2D eigenvalue weighted by Crippen LogP contribution is 2.29. The summed E-state index contributed by atoms with van der Waals surface area (Å²) in [6.07, 6.45) is 9.40. The first-order chi connectivity index (χ1) is 12.6. The van der Waals surface area contributed by atoms with Crippen molar-refractivity contribution in [2.45, 2.75) is 51.1 Å². The Morgan fingerprint density at radius 2 is 2.12 bits per heavy atom. The van der Waals surface area contributed by atoms with Crippen molar-refractivity contribution in [1.82, 2.24) is 19.6 Å². The lowest BCUT2D eigenvalue weighted by Crippen LogP contribution is -2.50. The number of rotatable bonds is 7. The normalized spacial score (nSPS) is 21.4. The Kier molecular flexibility index (Phi) is 6.29. The molecule has 1 aromatic rings. The van der Waals surface area contributed by atoms with Gasteiger partial charge in [0.15, 0.2) is 0 Å². The topological polar surface area (TPSA) is 67.7 Å². The summed E-state index contributed by atoms with van der Waals surface area (Å²) in [5.74, 6) is 0.236.